The fourth-order valence-electron chi connectivity index (χ4n) is 3.24. The fourth-order valence-corrected chi connectivity index (χ4v) is 3.24. The van der Waals surface area contributed by atoms with Gasteiger partial charge in [0.25, 0.3) is 0 Å². The number of pyridine rings is 1. The van der Waals surface area contributed by atoms with Gasteiger partial charge in [-0.25, -0.2) is 14.4 Å². The highest BCUT2D eigenvalue weighted by Crippen LogP contribution is 2.32. The van der Waals surface area contributed by atoms with E-state index in [1.807, 2.05) is 24.7 Å². The second kappa shape index (κ2) is 6.69. The molecular weight excluding hydrogens is 341 g/mol. The minimum Gasteiger partial charge on any atom is -0.330 e. The molecule has 5 nitrogen and oxygen atoms in total. The molecule has 27 heavy (non-hydrogen) atoms. The van der Waals surface area contributed by atoms with Gasteiger partial charge in [-0.2, -0.15) is 5.26 Å². The molecule has 0 aliphatic rings. The number of rotatable bonds is 4. The third kappa shape index (κ3) is 3.08. The monoisotopic (exact) mass is 359 g/mol. The van der Waals surface area contributed by atoms with E-state index in [0.29, 0.717) is 17.3 Å². The van der Waals surface area contributed by atoms with E-state index in [4.69, 9.17) is 0 Å². The molecule has 0 fully saturated rings. The van der Waals surface area contributed by atoms with Crippen molar-refractivity contribution in [1.82, 2.24) is 18.9 Å². The average Bonchev–Trinajstić information content (AvgIpc) is 3.25. The third-order valence-corrected chi connectivity index (χ3v) is 4.41. The summed E-state index contributed by atoms with van der Waals surface area (Å²) in [6.07, 6.45) is 5.28. The Morgan fingerprint density at radius 1 is 1.07 bits per heavy atom. The Kier molecular flexibility index (Phi) is 4.21. The van der Waals surface area contributed by atoms with Crippen LogP contribution in [0.2, 0.25) is 0 Å². The Morgan fingerprint density at radius 2 is 1.81 bits per heavy atom. The summed E-state index contributed by atoms with van der Waals surface area (Å²) >= 11 is 0. The van der Waals surface area contributed by atoms with Gasteiger partial charge in [0.05, 0.1) is 23.9 Å². The van der Waals surface area contributed by atoms with Crippen LogP contribution in [0.15, 0.2) is 55.1 Å². The molecule has 0 atom stereocenters. The number of fused-ring (bicyclic) bond motifs is 1. The molecule has 0 aliphatic carbocycles. The van der Waals surface area contributed by atoms with Gasteiger partial charge < -0.3 is 4.57 Å². The maximum atomic E-state index is 13.4. The molecule has 0 unspecified atom stereocenters. The Morgan fingerprint density at radius 3 is 2.52 bits per heavy atom. The Balaban J connectivity index is 1.93. The van der Waals surface area contributed by atoms with E-state index in [1.54, 1.807) is 22.7 Å². The van der Waals surface area contributed by atoms with Crippen molar-refractivity contribution in [3.8, 4) is 28.6 Å². The first-order valence-corrected chi connectivity index (χ1v) is 8.75. The standard InChI is InChI=1S/C21H18FN5/c1-14(2)11-26-13-25-20(15-3-6-17(22)7-4-15)21(26)16-5-8-19-24-10-18(9-23)27(19)12-16/h3-8,10,12-14H,11H2,1-2H3. The van der Waals surface area contributed by atoms with Crippen molar-refractivity contribution >= 4 is 5.65 Å². The minimum absolute atomic E-state index is 0.277. The van der Waals surface area contributed by atoms with Crippen molar-refractivity contribution in [1.29, 1.82) is 5.26 Å². The van der Waals surface area contributed by atoms with E-state index in [0.717, 1.165) is 29.1 Å². The lowest BCUT2D eigenvalue weighted by Crippen LogP contribution is -2.05. The third-order valence-electron chi connectivity index (χ3n) is 4.41. The summed E-state index contributed by atoms with van der Waals surface area (Å²) in [6.45, 7) is 5.10. The van der Waals surface area contributed by atoms with E-state index >= 15 is 0 Å². The zero-order valence-electron chi connectivity index (χ0n) is 15.1. The van der Waals surface area contributed by atoms with E-state index in [2.05, 4.69) is 34.5 Å². The van der Waals surface area contributed by atoms with Gasteiger partial charge >= 0.3 is 0 Å². The van der Waals surface area contributed by atoms with Gasteiger partial charge in [0.2, 0.25) is 0 Å². The Hall–Kier alpha value is -3.46. The first-order chi connectivity index (χ1) is 13.1. The highest BCUT2D eigenvalue weighted by atomic mass is 19.1. The quantitative estimate of drug-likeness (QED) is 0.538. The van der Waals surface area contributed by atoms with Crippen LogP contribution in [0, 0.1) is 23.1 Å². The molecule has 3 aromatic heterocycles. The molecule has 6 heteroatoms. The molecule has 0 N–H and O–H groups in total. The van der Waals surface area contributed by atoms with Crippen molar-refractivity contribution in [2.75, 3.05) is 0 Å². The number of hydrogen-bond acceptors (Lipinski definition) is 3. The molecule has 134 valence electrons. The summed E-state index contributed by atoms with van der Waals surface area (Å²) in [5, 5.41) is 9.31. The van der Waals surface area contributed by atoms with Crippen LogP contribution in [0.4, 0.5) is 4.39 Å². The normalized spacial score (nSPS) is 11.2. The summed E-state index contributed by atoms with van der Waals surface area (Å²) < 4.78 is 17.2. The minimum atomic E-state index is -0.277. The van der Waals surface area contributed by atoms with E-state index in [-0.39, 0.29) is 5.82 Å². The van der Waals surface area contributed by atoms with Gasteiger partial charge in [-0.05, 0) is 42.3 Å². The van der Waals surface area contributed by atoms with Gasteiger partial charge in [-0.1, -0.05) is 13.8 Å². The number of nitriles is 1. The van der Waals surface area contributed by atoms with Crippen LogP contribution in [0.3, 0.4) is 0 Å². The molecule has 3 heterocycles. The summed E-state index contributed by atoms with van der Waals surface area (Å²) in [5.74, 6) is 0.158. The smallest absolute Gasteiger partial charge is 0.144 e. The summed E-state index contributed by atoms with van der Waals surface area (Å²) in [4.78, 5) is 8.86. The van der Waals surface area contributed by atoms with Crippen molar-refractivity contribution in [3.05, 3.63) is 66.6 Å². The maximum absolute atomic E-state index is 13.4. The molecule has 1 aromatic carbocycles. The number of benzene rings is 1. The molecule has 4 rings (SSSR count). The fraction of sp³-hybridized carbons (Fsp3) is 0.190. The van der Waals surface area contributed by atoms with Crippen LogP contribution in [0.5, 0.6) is 0 Å². The Bertz CT molecular complexity index is 1150. The van der Waals surface area contributed by atoms with E-state index in [9.17, 15) is 9.65 Å². The van der Waals surface area contributed by atoms with Crippen molar-refractivity contribution in [2.45, 2.75) is 20.4 Å². The van der Waals surface area contributed by atoms with Gasteiger partial charge in [0.15, 0.2) is 0 Å². The number of halogens is 1. The largest absolute Gasteiger partial charge is 0.330 e. The van der Waals surface area contributed by atoms with Gasteiger partial charge in [-0.3, -0.25) is 4.40 Å². The number of nitrogens with zero attached hydrogens (tertiary/aromatic N) is 5. The van der Waals surface area contributed by atoms with Crippen molar-refractivity contribution in [2.24, 2.45) is 5.92 Å². The topological polar surface area (TPSA) is 58.9 Å². The molecular formula is C21H18FN5. The first-order valence-electron chi connectivity index (χ1n) is 8.75. The predicted octanol–water partition coefficient (Wildman–Crippen LogP) is 4.53. The number of imidazole rings is 2. The van der Waals surface area contributed by atoms with E-state index < -0.39 is 0 Å². The molecule has 0 amide bonds. The van der Waals surface area contributed by atoms with Gasteiger partial charge in [0, 0.05) is 23.9 Å². The van der Waals surface area contributed by atoms with E-state index in [1.165, 1.54) is 12.1 Å². The van der Waals surface area contributed by atoms with Crippen LogP contribution in [0.1, 0.15) is 19.5 Å². The van der Waals surface area contributed by atoms with Crippen LogP contribution < -0.4 is 0 Å². The number of aromatic nitrogens is 4. The number of hydrogen-bond donors (Lipinski definition) is 0. The summed E-state index contributed by atoms with van der Waals surface area (Å²) in [5.41, 5.74) is 4.69. The van der Waals surface area contributed by atoms with Gasteiger partial charge in [0.1, 0.15) is 23.2 Å². The highest BCUT2D eigenvalue weighted by molar-refractivity contribution is 5.79. The second-order valence-corrected chi connectivity index (χ2v) is 6.90. The first kappa shape index (κ1) is 17.0. The maximum Gasteiger partial charge on any atom is 0.144 e. The predicted molar refractivity (Wildman–Crippen MR) is 101 cm³/mol. The molecule has 4 aromatic rings. The lowest BCUT2D eigenvalue weighted by molar-refractivity contribution is 0.526. The van der Waals surface area contributed by atoms with Crippen molar-refractivity contribution in [3.63, 3.8) is 0 Å². The van der Waals surface area contributed by atoms with Crippen LogP contribution in [-0.2, 0) is 6.54 Å². The summed E-state index contributed by atoms with van der Waals surface area (Å²) in [6, 6.07) is 12.4. The van der Waals surface area contributed by atoms with Crippen LogP contribution in [-0.4, -0.2) is 18.9 Å². The lowest BCUT2D eigenvalue weighted by Gasteiger charge is -2.13. The van der Waals surface area contributed by atoms with Crippen molar-refractivity contribution < 1.29 is 4.39 Å². The SMILES string of the molecule is CC(C)Cn1cnc(-c2ccc(F)cc2)c1-c1ccc2ncc(C#N)n2c1. The highest BCUT2D eigenvalue weighted by Gasteiger charge is 2.17. The molecule has 0 saturated heterocycles. The Labute approximate surface area is 156 Å². The lowest BCUT2D eigenvalue weighted by atomic mass is 10.1. The molecule has 0 saturated carbocycles. The zero-order chi connectivity index (χ0) is 19.0. The molecule has 0 radical (unpaired) electrons. The zero-order valence-corrected chi connectivity index (χ0v) is 15.1. The molecule has 0 spiro atoms. The average molecular weight is 359 g/mol. The molecule has 0 aliphatic heterocycles. The second-order valence-electron chi connectivity index (χ2n) is 6.90. The van der Waals surface area contributed by atoms with Crippen LogP contribution >= 0.6 is 0 Å². The van der Waals surface area contributed by atoms with Gasteiger partial charge in [-0.15, -0.1) is 0 Å². The molecule has 0 bridgehead atoms. The summed E-state index contributed by atoms with van der Waals surface area (Å²) in [7, 11) is 0. The van der Waals surface area contributed by atoms with Crippen LogP contribution in [0.25, 0.3) is 28.2 Å².